The highest BCUT2D eigenvalue weighted by Crippen LogP contribution is 2.34. The molecule has 0 fully saturated rings. The number of hydrogen-bond donors (Lipinski definition) is 2. The summed E-state index contributed by atoms with van der Waals surface area (Å²) in [6.07, 6.45) is 0. The van der Waals surface area contributed by atoms with Gasteiger partial charge in [0.2, 0.25) is 0 Å². The molecule has 1 aromatic rings. The standard InChI is InChI=1S/C16H27N2/c1-15(2,3)13(17)11-8-7-9-12(10-11)14(18)16(4,5)6/h7-8,10,13-14H,17-18H2,1-6H3. The molecule has 0 aromatic heterocycles. The third-order valence-corrected chi connectivity index (χ3v) is 3.41. The maximum atomic E-state index is 6.30. The Labute approximate surface area is 112 Å². The van der Waals surface area contributed by atoms with Crippen LogP contribution in [-0.2, 0) is 0 Å². The fraction of sp³-hybridized carbons (Fsp3) is 0.625. The van der Waals surface area contributed by atoms with Gasteiger partial charge in [-0.3, -0.25) is 0 Å². The van der Waals surface area contributed by atoms with E-state index in [1.165, 1.54) is 0 Å². The molecular weight excluding hydrogens is 220 g/mol. The van der Waals surface area contributed by atoms with Crippen molar-refractivity contribution in [2.75, 3.05) is 0 Å². The molecule has 101 valence electrons. The van der Waals surface area contributed by atoms with Crippen LogP contribution in [0.15, 0.2) is 18.2 Å². The number of hydrogen-bond acceptors (Lipinski definition) is 2. The van der Waals surface area contributed by atoms with Crippen molar-refractivity contribution in [3.8, 4) is 0 Å². The first kappa shape index (κ1) is 15.2. The summed E-state index contributed by atoms with van der Waals surface area (Å²) >= 11 is 0. The highest BCUT2D eigenvalue weighted by molar-refractivity contribution is 5.28. The normalized spacial score (nSPS) is 16.4. The minimum absolute atomic E-state index is 0.0121. The summed E-state index contributed by atoms with van der Waals surface area (Å²) in [7, 11) is 0. The molecule has 18 heavy (non-hydrogen) atoms. The van der Waals surface area contributed by atoms with Gasteiger partial charge in [-0.1, -0.05) is 59.7 Å². The molecule has 0 saturated carbocycles. The van der Waals surface area contributed by atoms with E-state index < -0.39 is 0 Å². The van der Waals surface area contributed by atoms with E-state index in [1.807, 2.05) is 12.1 Å². The molecular formula is C16H27N2. The Morgan fingerprint density at radius 3 is 1.89 bits per heavy atom. The molecule has 2 unspecified atom stereocenters. The maximum Gasteiger partial charge on any atom is 0.0350 e. The molecule has 1 rings (SSSR count). The van der Waals surface area contributed by atoms with E-state index in [-0.39, 0.29) is 22.9 Å². The van der Waals surface area contributed by atoms with Gasteiger partial charge in [0, 0.05) is 12.1 Å². The van der Waals surface area contributed by atoms with Crippen molar-refractivity contribution in [3.05, 3.63) is 35.4 Å². The number of benzene rings is 1. The van der Waals surface area contributed by atoms with Crippen LogP contribution in [0.25, 0.3) is 0 Å². The zero-order valence-corrected chi connectivity index (χ0v) is 12.5. The van der Waals surface area contributed by atoms with Crippen molar-refractivity contribution >= 4 is 0 Å². The Morgan fingerprint density at radius 2 is 1.44 bits per heavy atom. The van der Waals surface area contributed by atoms with Crippen LogP contribution >= 0.6 is 0 Å². The van der Waals surface area contributed by atoms with Crippen LogP contribution in [0.3, 0.4) is 0 Å². The SMILES string of the molecule is CC(C)(C)C(N)c1[c]ccc(C(N)C(C)(C)C)c1. The van der Waals surface area contributed by atoms with Gasteiger partial charge in [0.05, 0.1) is 0 Å². The van der Waals surface area contributed by atoms with Gasteiger partial charge >= 0.3 is 0 Å². The van der Waals surface area contributed by atoms with Crippen LogP contribution < -0.4 is 11.5 Å². The topological polar surface area (TPSA) is 52.0 Å². The highest BCUT2D eigenvalue weighted by atomic mass is 14.7. The molecule has 2 nitrogen and oxygen atoms in total. The largest absolute Gasteiger partial charge is 0.324 e. The Morgan fingerprint density at radius 1 is 0.944 bits per heavy atom. The molecule has 2 heteroatoms. The molecule has 0 bridgehead atoms. The van der Waals surface area contributed by atoms with E-state index in [9.17, 15) is 0 Å². The zero-order valence-electron chi connectivity index (χ0n) is 12.5. The lowest BCUT2D eigenvalue weighted by Crippen LogP contribution is -2.28. The average Bonchev–Trinajstić information content (AvgIpc) is 2.24. The second-order valence-corrected chi connectivity index (χ2v) is 7.26. The summed E-state index contributed by atoms with van der Waals surface area (Å²) in [5.74, 6) is 0. The van der Waals surface area contributed by atoms with Crippen molar-refractivity contribution in [2.45, 2.75) is 53.6 Å². The number of rotatable bonds is 2. The lowest BCUT2D eigenvalue weighted by atomic mass is 9.79. The predicted octanol–water partition coefficient (Wildman–Crippen LogP) is 3.58. The third kappa shape index (κ3) is 3.56. The Bertz CT molecular complexity index is 361. The molecule has 0 spiro atoms. The predicted molar refractivity (Wildman–Crippen MR) is 78.0 cm³/mol. The Hall–Kier alpha value is -0.860. The quantitative estimate of drug-likeness (QED) is 0.839. The molecule has 0 aliphatic carbocycles. The second kappa shape index (κ2) is 5.02. The van der Waals surface area contributed by atoms with E-state index in [0.29, 0.717) is 0 Å². The van der Waals surface area contributed by atoms with E-state index in [1.54, 1.807) is 0 Å². The lowest BCUT2D eigenvalue weighted by molar-refractivity contribution is 0.320. The van der Waals surface area contributed by atoms with Gasteiger partial charge in [0.15, 0.2) is 0 Å². The van der Waals surface area contributed by atoms with Gasteiger partial charge in [-0.25, -0.2) is 0 Å². The van der Waals surface area contributed by atoms with Crippen molar-refractivity contribution in [1.29, 1.82) is 0 Å². The van der Waals surface area contributed by atoms with Gasteiger partial charge in [-0.2, -0.15) is 0 Å². The molecule has 0 saturated heterocycles. The van der Waals surface area contributed by atoms with Crippen LogP contribution in [0.2, 0.25) is 0 Å². The molecule has 2 atom stereocenters. The Kier molecular flexibility index (Phi) is 4.24. The summed E-state index contributed by atoms with van der Waals surface area (Å²) in [6, 6.07) is 9.30. The number of nitrogens with two attached hydrogens (primary N) is 2. The molecule has 4 N–H and O–H groups in total. The van der Waals surface area contributed by atoms with Crippen molar-refractivity contribution in [2.24, 2.45) is 22.3 Å². The van der Waals surface area contributed by atoms with E-state index >= 15 is 0 Å². The zero-order chi connectivity index (χ0) is 14.1. The summed E-state index contributed by atoms with van der Waals surface area (Å²) in [5, 5.41) is 0. The fourth-order valence-electron chi connectivity index (χ4n) is 1.84. The summed E-state index contributed by atoms with van der Waals surface area (Å²) in [5.41, 5.74) is 14.8. The Balaban J connectivity index is 3.07. The van der Waals surface area contributed by atoms with Crippen molar-refractivity contribution in [1.82, 2.24) is 0 Å². The third-order valence-electron chi connectivity index (χ3n) is 3.41. The van der Waals surface area contributed by atoms with E-state index in [0.717, 1.165) is 11.1 Å². The van der Waals surface area contributed by atoms with Crippen LogP contribution in [0.5, 0.6) is 0 Å². The summed E-state index contributed by atoms with van der Waals surface area (Å²) < 4.78 is 0. The summed E-state index contributed by atoms with van der Waals surface area (Å²) in [4.78, 5) is 0. The monoisotopic (exact) mass is 247 g/mol. The van der Waals surface area contributed by atoms with E-state index in [4.69, 9.17) is 11.5 Å². The van der Waals surface area contributed by atoms with Crippen LogP contribution in [0, 0.1) is 16.9 Å². The van der Waals surface area contributed by atoms with Gasteiger partial charge in [-0.15, -0.1) is 0 Å². The fourth-order valence-corrected chi connectivity index (χ4v) is 1.84. The molecule has 1 aromatic carbocycles. The second-order valence-electron chi connectivity index (χ2n) is 7.26. The van der Waals surface area contributed by atoms with Gasteiger partial charge < -0.3 is 11.5 Å². The van der Waals surface area contributed by atoms with Gasteiger partial charge in [0.25, 0.3) is 0 Å². The highest BCUT2D eigenvalue weighted by Gasteiger charge is 2.25. The van der Waals surface area contributed by atoms with Crippen LogP contribution in [0.1, 0.15) is 64.8 Å². The summed E-state index contributed by atoms with van der Waals surface area (Å²) in [6.45, 7) is 12.9. The van der Waals surface area contributed by atoms with Crippen molar-refractivity contribution < 1.29 is 0 Å². The van der Waals surface area contributed by atoms with Gasteiger partial charge in [0.1, 0.15) is 0 Å². The van der Waals surface area contributed by atoms with Crippen LogP contribution in [-0.4, -0.2) is 0 Å². The molecule has 0 aliphatic heterocycles. The first-order valence-corrected chi connectivity index (χ1v) is 6.56. The maximum absolute atomic E-state index is 6.30. The van der Waals surface area contributed by atoms with Crippen LogP contribution in [0.4, 0.5) is 0 Å². The van der Waals surface area contributed by atoms with Crippen molar-refractivity contribution in [3.63, 3.8) is 0 Å². The minimum Gasteiger partial charge on any atom is -0.324 e. The molecule has 0 amide bonds. The smallest absolute Gasteiger partial charge is 0.0350 e. The molecule has 0 heterocycles. The minimum atomic E-state index is -0.0235. The molecule has 1 radical (unpaired) electrons. The first-order chi connectivity index (χ1) is 8.03. The average molecular weight is 247 g/mol. The van der Waals surface area contributed by atoms with E-state index in [2.05, 4.69) is 53.7 Å². The van der Waals surface area contributed by atoms with Gasteiger partial charge in [-0.05, 0) is 28.0 Å². The first-order valence-electron chi connectivity index (χ1n) is 6.56. The lowest BCUT2D eigenvalue weighted by Gasteiger charge is -2.30. The molecule has 0 aliphatic rings.